The van der Waals surface area contributed by atoms with Crippen LogP contribution in [-0.4, -0.2) is 24.3 Å². The Kier molecular flexibility index (Phi) is 4.26. The van der Waals surface area contributed by atoms with Gasteiger partial charge in [-0.25, -0.2) is 0 Å². The number of hydrogen-bond acceptors (Lipinski definition) is 2. The van der Waals surface area contributed by atoms with E-state index in [1.54, 1.807) is 0 Å². The van der Waals surface area contributed by atoms with Crippen LogP contribution in [0.1, 0.15) is 72.1 Å². The van der Waals surface area contributed by atoms with Crippen LogP contribution in [0, 0.1) is 46.3 Å². The van der Waals surface area contributed by atoms with Crippen LogP contribution in [0.25, 0.3) is 0 Å². The number of fused-ring (bicyclic) bond motifs is 5. The van der Waals surface area contributed by atoms with Gasteiger partial charge in [0.05, 0.1) is 12.0 Å². The summed E-state index contributed by atoms with van der Waals surface area (Å²) in [5.74, 6) is 2.85. The van der Waals surface area contributed by atoms with Gasteiger partial charge in [0.1, 0.15) is 0 Å². The number of methoxy groups -OCH3 is 1. The van der Waals surface area contributed by atoms with E-state index in [9.17, 15) is 9.90 Å². The fourth-order valence-electron chi connectivity index (χ4n) is 8.19. The van der Waals surface area contributed by atoms with Crippen molar-refractivity contribution in [1.29, 1.82) is 0 Å². The van der Waals surface area contributed by atoms with Gasteiger partial charge in [-0.05, 0) is 85.4 Å². The summed E-state index contributed by atoms with van der Waals surface area (Å²) in [7, 11) is 1.87. The lowest BCUT2D eigenvalue weighted by molar-refractivity contribution is -0.185. The quantitative estimate of drug-likeness (QED) is 0.764. The van der Waals surface area contributed by atoms with Gasteiger partial charge in [-0.2, -0.15) is 0 Å². The number of rotatable bonds is 2. The second-order valence-electron chi connectivity index (χ2n) is 10.4. The van der Waals surface area contributed by atoms with Crippen molar-refractivity contribution >= 4 is 5.97 Å². The van der Waals surface area contributed by atoms with Gasteiger partial charge in [0.15, 0.2) is 0 Å². The topological polar surface area (TPSA) is 46.5 Å². The van der Waals surface area contributed by atoms with E-state index < -0.39 is 5.97 Å². The van der Waals surface area contributed by atoms with Crippen molar-refractivity contribution in [2.75, 3.05) is 7.11 Å². The zero-order valence-corrected chi connectivity index (χ0v) is 16.5. The minimum absolute atomic E-state index is 0.0706. The summed E-state index contributed by atoms with van der Waals surface area (Å²) >= 11 is 0. The zero-order chi connectivity index (χ0) is 18.0. The molecule has 3 heteroatoms. The van der Waals surface area contributed by atoms with Crippen molar-refractivity contribution in [3.8, 4) is 0 Å². The molecule has 0 heterocycles. The van der Waals surface area contributed by atoms with Crippen molar-refractivity contribution in [3.05, 3.63) is 0 Å². The Hall–Kier alpha value is -0.570. The predicted octanol–water partition coefficient (Wildman–Crippen LogP) is 4.99. The summed E-state index contributed by atoms with van der Waals surface area (Å²) in [5, 5.41) is 9.80. The number of carbonyl (C=O) groups is 1. The third-order valence-corrected chi connectivity index (χ3v) is 9.44. The molecule has 4 aliphatic carbocycles. The largest absolute Gasteiger partial charge is 0.481 e. The van der Waals surface area contributed by atoms with Gasteiger partial charge in [-0.3, -0.25) is 4.79 Å². The van der Waals surface area contributed by atoms with Gasteiger partial charge in [-0.15, -0.1) is 0 Å². The van der Waals surface area contributed by atoms with E-state index in [0.29, 0.717) is 23.2 Å². The van der Waals surface area contributed by atoms with Crippen molar-refractivity contribution in [2.45, 2.75) is 78.2 Å². The molecule has 9 atom stereocenters. The third-order valence-electron chi connectivity index (χ3n) is 9.44. The number of aliphatic carboxylic acids is 1. The number of ether oxygens (including phenoxy) is 1. The molecule has 4 fully saturated rings. The predicted molar refractivity (Wildman–Crippen MR) is 98.2 cm³/mol. The van der Waals surface area contributed by atoms with Crippen LogP contribution < -0.4 is 0 Å². The molecule has 0 bridgehead atoms. The molecule has 1 N–H and O–H groups in total. The monoisotopic (exact) mass is 348 g/mol. The lowest BCUT2D eigenvalue weighted by atomic mass is 9.43. The Morgan fingerprint density at radius 2 is 1.84 bits per heavy atom. The van der Waals surface area contributed by atoms with Crippen LogP contribution in [0.3, 0.4) is 0 Å². The number of hydrogen-bond donors (Lipinski definition) is 1. The van der Waals surface area contributed by atoms with Gasteiger partial charge in [0, 0.05) is 7.11 Å². The molecule has 0 unspecified atom stereocenters. The van der Waals surface area contributed by atoms with E-state index >= 15 is 0 Å². The smallest absolute Gasteiger partial charge is 0.307 e. The average Bonchev–Trinajstić information content (AvgIpc) is 2.91. The van der Waals surface area contributed by atoms with Gasteiger partial charge in [0.2, 0.25) is 0 Å². The lowest BCUT2D eigenvalue weighted by Crippen LogP contribution is -2.59. The first-order valence-electron chi connectivity index (χ1n) is 10.6. The standard InChI is InChI=1S/C22H36O3/c1-13-9-10-21(2)14(11-13)5-6-15-16-7-8-17(20(23)24)22(16,3)12-18(25-4)19(15)21/h13-19H,5-12H2,1-4H3,(H,23,24)/t13-,14+,15+,16+,17-,18+,19-,21+,22+/m1/s1. The second kappa shape index (κ2) is 5.97. The van der Waals surface area contributed by atoms with Crippen molar-refractivity contribution < 1.29 is 14.6 Å². The minimum atomic E-state index is -0.579. The van der Waals surface area contributed by atoms with E-state index in [1.807, 2.05) is 7.11 Å². The van der Waals surface area contributed by atoms with Crippen LogP contribution in [-0.2, 0) is 9.53 Å². The van der Waals surface area contributed by atoms with Crippen LogP contribution in [0.4, 0.5) is 0 Å². The molecule has 0 amide bonds. The molecule has 0 spiro atoms. The Bertz CT molecular complexity index is 545. The molecule has 25 heavy (non-hydrogen) atoms. The molecule has 4 rings (SSSR count). The summed E-state index contributed by atoms with van der Waals surface area (Å²) in [5.41, 5.74) is 0.331. The van der Waals surface area contributed by atoms with E-state index in [1.165, 1.54) is 32.1 Å². The maximum absolute atomic E-state index is 11.9. The first kappa shape index (κ1) is 17.8. The highest BCUT2D eigenvalue weighted by molar-refractivity contribution is 5.71. The van der Waals surface area contributed by atoms with Gasteiger partial charge >= 0.3 is 5.97 Å². The zero-order valence-electron chi connectivity index (χ0n) is 16.5. The van der Waals surface area contributed by atoms with Crippen LogP contribution in [0.5, 0.6) is 0 Å². The minimum Gasteiger partial charge on any atom is -0.481 e. The molecular weight excluding hydrogens is 312 g/mol. The van der Waals surface area contributed by atoms with Crippen molar-refractivity contribution in [2.24, 2.45) is 46.3 Å². The molecule has 0 saturated heterocycles. The SMILES string of the molecule is CO[C@H]1C[C@]2(C)[C@@H](C(=O)O)CC[C@H]2[C@@H]2CC[C@H]3C[C@H](C)CC[C@]3(C)[C@H]21. The molecule has 4 saturated carbocycles. The molecular formula is C22H36O3. The van der Waals surface area contributed by atoms with Crippen molar-refractivity contribution in [1.82, 2.24) is 0 Å². The maximum Gasteiger partial charge on any atom is 0.307 e. The second-order valence-corrected chi connectivity index (χ2v) is 10.4. The van der Waals surface area contributed by atoms with E-state index in [-0.39, 0.29) is 17.4 Å². The molecule has 0 radical (unpaired) electrons. The Balaban J connectivity index is 1.70. The van der Waals surface area contributed by atoms with Crippen molar-refractivity contribution in [3.63, 3.8) is 0 Å². The highest BCUT2D eigenvalue weighted by Crippen LogP contribution is 2.68. The fourth-order valence-corrected chi connectivity index (χ4v) is 8.19. The molecule has 0 aromatic rings. The summed E-state index contributed by atoms with van der Waals surface area (Å²) in [6, 6.07) is 0. The summed E-state index contributed by atoms with van der Waals surface area (Å²) < 4.78 is 6.11. The molecule has 0 aromatic carbocycles. The summed E-state index contributed by atoms with van der Waals surface area (Å²) in [6.07, 6.45) is 9.90. The van der Waals surface area contributed by atoms with Crippen LogP contribution in [0.15, 0.2) is 0 Å². The van der Waals surface area contributed by atoms with E-state index in [0.717, 1.165) is 31.1 Å². The van der Waals surface area contributed by atoms with Crippen LogP contribution in [0.2, 0.25) is 0 Å². The Morgan fingerprint density at radius 1 is 1.08 bits per heavy atom. The molecule has 0 aliphatic heterocycles. The van der Waals surface area contributed by atoms with Gasteiger partial charge in [0.25, 0.3) is 0 Å². The first-order valence-corrected chi connectivity index (χ1v) is 10.6. The highest BCUT2D eigenvalue weighted by atomic mass is 16.5. The number of carboxylic acid groups (broad SMARTS) is 1. The lowest BCUT2D eigenvalue weighted by Gasteiger charge is -2.63. The summed E-state index contributed by atoms with van der Waals surface area (Å²) in [4.78, 5) is 11.9. The molecule has 142 valence electrons. The molecule has 3 nitrogen and oxygen atoms in total. The van der Waals surface area contributed by atoms with Gasteiger partial charge in [-0.1, -0.05) is 27.2 Å². The van der Waals surface area contributed by atoms with E-state index in [4.69, 9.17) is 4.74 Å². The summed E-state index contributed by atoms with van der Waals surface area (Å²) in [6.45, 7) is 7.24. The highest BCUT2D eigenvalue weighted by Gasteiger charge is 2.64. The van der Waals surface area contributed by atoms with Gasteiger partial charge < -0.3 is 9.84 Å². The third kappa shape index (κ3) is 2.44. The Morgan fingerprint density at radius 3 is 2.52 bits per heavy atom. The Labute approximate surface area is 152 Å². The number of carboxylic acids is 1. The van der Waals surface area contributed by atoms with E-state index in [2.05, 4.69) is 20.8 Å². The normalized spacial score (nSPS) is 55.1. The maximum atomic E-state index is 11.9. The first-order chi connectivity index (χ1) is 11.8. The molecule has 0 aromatic heterocycles. The molecule has 4 aliphatic rings. The average molecular weight is 349 g/mol. The fraction of sp³-hybridized carbons (Fsp3) is 0.955. The van der Waals surface area contributed by atoms with Crippen LogP contribution >= 0.6 is 0 Å².